The molecule has 0 atom stereocenters. The van der Waals surface area contributed by atoms with Crippen LogP contribution in [0.25, 0.3) is 100 Å². The molecule has 0 aliphatic carbocycles. The normalized spacial score (nSPS) is 11.2. The van der Waals surface area contributed by atoms with Gasteiger partial charge in [0.15, 0.2) is 0 Å². The maximum atomic E-state index is 11.4. The van der Waals surface area contributed by atoms with E-state index in [4.69, 9.17) is 14.4 Å². The monoisotopic (exact) mass is 929 g/mol. The molecule has 6 aromatic carbocycles. The number of pyridine rings is 2. The topological polar surface area (TPSA) is 64.1 Å². The first kappa shape index (κ1) is 36.8. The van der Waals surface area contributed by atoms with Gasteiger partial charge in [0.05, 0.1) is 5.69 Å². The SMILES string of the molecule is Cc1cc(-c2ccc(-c3ccc4c(c3)oc3ccccc34)n2C)cc(-c2[c-]c(-c3cc(-c4ccccc4)cc(-c4ccc(-c5ccccc5)cc4O)n3)ccc2)n1.[Pt]. The first-order valence-corrected chi connectivity index (χ1v) is 19.0. The molecule has 0 aliphatic heterocycles. The Morgan fingerprint density at radius 3 is 1.83 bits per heavy atom. The summed E-state index contributed by atoms with van der Waals surface area (Å²) < 4.78 is 8.44. The summed E-state index contributed by atoms with van der Waals surface area (Å²) in [7, 11) is 2.10. The van der Waals surface area contributed by atoms with E-state index < -0.39 is 0 Å². The smallest absolute Gasteiger partial charge is 0.136 e. The van der Waals surface area contributed by atoms with Gasteiger partial charge < -0.3 is 14.1 Å². The molecule has 0 saturated carbocycles. The Balaban J connectivity index is 0.00000436. The van der Waals surface area contributed by atoms with E-state index in [2.05, 4.69) is 84.4 Å². The number of phenolic OH excluding ortho intramolecular Hbond substituents is 1. The van der Waals surface area contributed by atoms with E-state index in [1.165, 1.54) is 0 Å². The molecular weight excluding hydrogens is 894 g/mol. The number of benzene rings is 6. The van der Waals surface area contributed by atoms with Crippen LogP contribution >= 0.6 is 0 Å². The third-order valence-electron chi connectivity index (χ3n) is 10.7. The van der Waals surface area contributed by atoms with E-state index in [0.717, 1.165) is 94.9 Å². The van der Waals surface area contributed by atoms with Crippen LogP contribution in [0.3, 0.4) is 0 Å². The van der Waals surface area contributed by atoms with Gasteiger partial charge in [-0.2, -0.15) is 0 Å². The van der Waals surface area contributed by atoms with Gasteiger partial charge in [-0.05, 0) is 89.3 Å². The summed E-state index contributed by atoms with van der Waals surface area (Å²) in [6.07, 6.45) is 0. The molecular formula is C52H36N3O2Pt-. The van der Waals surface area contributed by atoms with Gasteiger partial charge in [0.25, 0.3) is 0 Å². The van der Waals surface area contributed by atoms with Crippen molar-refractivity contribution in [2.45, 2.75) is 6.92 Å². The van der Waals surface area contributed by atoms with Crippen molar-refractivity contribution in [2.24, 2.45) is 7.05 Å². The average Bonchev–Trinajstić information content (AvgIpc) is 3.83. The van der Waals surface area contributed by atoms with Crippen LogP contribution in [0.15, 0.2) is 180 Å². The molecule has 10 rings (SSSR count). The Morgan fingerprint density at radius 2 is 1.09 bits per heavy atom. The van der Waals surface area contributed by atoms with Crippen molar-refractivity contribution >= 4 is 21.9 Å². The molecule has 4 aromatic heterocycles. The molecule has 0 unspecified atom stereocenters. The second-order valence-electron chi connectivity index (χ2n) is 14.4. The molecule has 6 heteroatoms. The maximum Gasteiger partial charge on any atom is 0.136 e. The number of aromatic hydroxyl groups is 1. The number of para-hydroxylation sites is 1. The fourth-order valence-electron chi connectivity index (χ4n) is 7.86. The van der Waals surface area contributed by atoms with Crippen molar-refractivity contribution in [1.82, 2.24) is 14.5 Å². The maximum absolute atomic E-state index is 11.4. The molecule has 4 heterocycles. The summed E-state index contributed by atoms with van der Waals surface area (Å²) in [6.45, 7) is 2.03. The third kappa shape index (κ3) is 6.84. The first-order valence-electron chi connectivity index (χ1n) is 19.0. The number of hydrogen-bond donors (Lipinski definition) is 1. The summed E-state index contributed by atoms with van der Waals surface area (Å²) in [5.41, 5.74) is 15.7. The predicted octanol–water partition coefficient (Wildman–Crippen LogP) is 13.2. The van der Waals surface area contributed by atoms with Crippen LogP contribution in [-0.4, -0.2) is 19.6 Å². The number of hydrogen-bond acceptors (Lipinski definition) is 4. The molecule has 10 aromatic rings. The van der Waals surface area contributed by atoms with Crippen molar-refractivity contribution in [1.29, 1.82) is 0 Å². The molecule has 0 spiro atoms. The van der Waals surface area contributed by atoms with Crippen LogP contribution in [0.1, 0.15) is 5.69 Å². The Bertz CT molecular complexity index is 3110. The van der Waals surface area contributed by atoms with Gasteiger partial charge in [-0.15, -0.1) is 24.3 Å². The fraction of sp³-hybridized carbons (Fsp3) is 0.0385. The second kappa shape index (κ2) is 15.3. The summed E-state index contributed by atoms with van der Waals surface area (Å²) in [6, 6.07) is 63.2. The molecule has 5 nitrogen and oxygen atoms in total. The Kier molecular flexibility index (Phi) is 9.69. The molecule has 0 amide bonds. The summed E-state index contributed by atoms with van der Waals surface area (Å²) in [5.74, 6) is 0.174. The number of phenols is 1. The summed E-state index contributed by atoms with van der Waals surface area (Å²) >= 11 is 0. The third-order valence-corrected chi connectivity index (χ3v) is 10.7. The van der Waals surface area contributed by atoms with E-state index in [0.29, 0.717) is 11.3 Å². The Labute approximate surface area is 351 Å². The standard InChI is InChI=1S/C52H36N3O2.Pt/c1-33-26-41(49-25-24-48(55(49)2)39-21-22-43-42-18-9-10-19-51(42)57-52(43)32-39)30-45(53-33)37-16-11-17-38(27-37)46-28-40(35-14-7-4-8-15-35)29-47(54-46)44-23-20-36(31-50(44)56)34-12-5-3-6-13-34;/h3-26,28-32,56H,1-2H3;/q-1;. The van der Waals surface area contributed by atoms with Crippen LogP contribution in [0.2, 0.25) is 0 Å². The van der Waals surface area contributed by atoms with Crippen LogP contribution < -0.4 is 0 Å². The number of furan rings is 1. The minimum Gasteiger partial charge on any atom is -0.507 e. The van der Waals surface area contributed by atoms with Gasteiger partial charge in [0, 0.05) is 78.5 Å². The Morgan fingerprint density at radius 1 is 0.483 bits per heavy atom. The zero-order valence-corrected chi connectivity index (χ0v) is 34.0. The van der Waals surface area contributed by atoms with Crippen molar-refractivity contribution < 1.29 is 30.6 Å². The molecule has 0 radical (unpaired) electrons. The number of aryl methyl sites for hydroxylation is 1. The first-order chi connectivity index (χ1) is 27.9. The second-order valence-corrected chi connectivity index (χ2v) is 14.4. The molecule has 0 bridgehead atoms. The van der Waals surface area contributed by atoms with Gasteiger partial charge >= 0.3 is 0 Å². The van der Waals surface area contributed by atoms with E-state index in [1.807, 2.05) is 116 Å². The van der Waals surface area contributed by atoms with Gasteiger partial charge in [-0.25, -0.2) is 0 Å². The molecule has 58 heavy (non-hydrogen) atoms. The van der Waals surface area contributed by atoms with Gasteiger partial charge in [-0.3, -0.25) is 9.97 Å². The average molecular weight is 930 g/mol. The zero-order chi connectivity index (χ0) is 38.5. The molecule has 282 valence electrons. The van der Waals surface area contributed by atoms with Gasteiger partial charge in [0.2, 0.25) is 0 Å². The van der Waals surface area contributed by atoms with E-state index in [1.54, 1.807) is 0 Å². The summed E-state index contributed by atoms with van der Waals surface area (Å²) in [5, 5.41) is 13.6. The molecule has 0 saturated heterocycles. The van der Waals surface area contributed by atoms with Crippen molar-refractivity contribution in [2.75, 3.05) is 0 Å². The van der Waals surface area contributed by atoms with Crippen molar-refractivity contribution in [3.63, 3.8) is 0 Å². The Hall–Kier alpha value is -6.81. The minimum absolute atomic E-state index is 0. The minimum atomic E-state index is 0. The molecule has 0 aliphatic rings. The fourth-order valence-corrected chi connectivity index (χ4v) is 7.86. The number of fused-ring (bicyclic) bond motifs is 3. The largest absolute Gasteiger partial charge is 0.507 e. The van der Waals surface area contributed by atoms with Crippen LogP contribution in [0.4, 0.5) is 0 Å². The molecule has 0 fully saturated rings. The summed E-state index contributed by atoms with van der Waals surface area (Å²) in [4.78, 5) is 10.1. The van der Waals surface area contributed by atoms with Crippen molar-refractivity contribution in [3.8, 4) is 84.3 Å². The van der Waals surface area contributed by atoms with E-state index in [9.17, 15) is 5.11 Å². The van der Waals surface area contributed by atoms with Gasteiger partial charge in [0.1, 0.15) is 16.9 Å². The molecule has 1 N–H and O–H groups in total. The van der Waals surface area contributed by atoms with E-state index >= 15 is 0 Å². The zero-order valence-electron chi connectivity index (χ0n) is 31.8. The van der Waals surface area contributed by atoms with Crippen molar-refractivity contribution in [3.05, 3.63) is 188 Å². The number of aromatic nitrogens is 3. The van der Waals surface area contributed by atoms with Crippen LogP contribution in [0.5, 0.6) is 5.75 Å². The number of rotatable bonds is 7. The quantitative estimate of drug-likeness (QED) is 0.162. The predicted molar refractivity (Wildman–Crippen MR) is 232 cm³/mol. The van der Waals surface area contributed by atoms with Crippen LogP contribution in [-0.2, 0) is 28.1 Å². The van der Waals surface area contributed by atoms with Gasteiger partial charge in [-0.1, -0.05) is 114 Å². The van der Waals surface area contributed by atoms with Crippen LogP contribution in [0, 0.1) is 13.0 Å². The number of nitrogens with zero attached hydrogens (tertiary/aromatic N) is 3. The van der Waals surface area contributed by atoms with E-state index in [-0.39, 0.29) is 26.8 Å².